The predicted molar refractivity (Wildman–Crippen MR) is 87.6 cm³/mol. The molecular formula is C15H13ClF2N2OS. The fourth-order valence-electron chi connectivity index (χ4n) is 1.71. The van der Waals surface area contributed by atoms with Crippen LogP contribution in [0, 0.1) is 0 Å². The lowest BCUT2D eigenvalue weighted by atomic mass is 10.2. The number of halogens is 3. The summed E-state index contributed by atoms with van der Waals surface area (Å²) in [5, 5.41) is 7.03. The van der Waals surface area contributed by atoms with E-state index in [-0.39, 0.29) is 5.75 Å². The maximum Gasteiger partial charge on any atom is 0.387 e. The molecule has 0 heterocycles. The van der Waals surface area contributed by atoms with Crippen molar-refractivity contribution in [1.29, 1.82) is 0 Å². The number of anilines is 1. The largest absolute Gasteiger partial charge is 0.435 e. The standard InChI is InChI=1S/C15H13ClF2N2OS/c16-13-4-2-1-3-10(13)9-19-15(22)20-11-5-7-12(8-6-11)21-14(17)18/h1-8,14H,9H2,(H2,19,20,22). The third-order valence-electron chi connectivity index (χ3n) is 2.73. The van der Waals surface area contributed by atoms with Gasteiger partial charge in [-0.25, -0.2) is 0 Å². The van der Waals surface area contributed by atoms with E-state index in [0.717, 1.165) is 5.56 Å². The van der Waals surface area contributed by atoms with Gasteiger partial charge < -0.3 is 15.4 Å². The molecule has 0 bridgehead atoms. The molecule has 3 nitrogen and oxygen atoms in total. The molecule has 0 aliphatic carbocycles. The highest BCUT2D eigenvalue weighted by atomic mass is 35.5. The van der Waals surface area contributed by atoms with Crippen LogP contribution in [0.4, 0.5) is 14.5 Å². The molecule has 2 N–H and O–H groups in total. The predicted octanol–water partition coefficient (Wildman–Crippen LogP) is 4.43. The van der Waals surface area contributed by atoms with Gasteiger partial charge in [0.1, 0.15) is 5.75 Å². The number of benzene rings is 2. The third-order valence-corrected chi connectivity index (χ3v) is 3.35. The van der Waals surface area contributed by atoms with Crippen LogP contribution in [0.1, 0.15) is 5.56 Å². The van der Waals surface area contributed by atoms with E-state index < -0.39 is 6.61 Å². The molecule has 0 saturated heterocycles. The number of ether oxygens (including phenoxy) is 1. The van der Waals surface area contributed by atoms with Crippen molar-refractivity contribution in [3.8, 4) is 5.75 Å². The average molecular weight is 343 g/mol. The molecule has 2 rings (SSSR count). The van der Waals surface area contributed by atoms with E-state index in [1.165, 1.54) is 12.1 Å². The Kier molecular flexibility index (Phi) is 5.91. The normalized spacial score (nSPS) is 10.4. The topological polar surface area (TPSA) is 33.3 Å². The van der Waals surface area contributed by atoms with Crippen molar-refractivity contribution in [2.24, 2.45) is 0 Å². The van der Waals surface area contributed by atoms with Crippen LogP contribution in [-0.2, 0) is 6.54 Å². The molecular weight excluding hydrogens is 330 g/mol. The Morgan fingerprint density at radius 3 is 2.45 bits per heavy atom. The van der Waals surface area contributed by atoms with Crippen LogP contribution in [0.2, 0.25) is 5.02 Å². The van der Waals surface area contributed by atoms with Gasteiger partial charge in [0.2, 0.25) is 0 Å². The van der Waals surface area contributed by atoms with Crippen LogP contribution in [0.25, 0.3) is 0 Å². The number of hydrogen-bond donors (Lipinski definition) is 2. The summed E-state index contributed by atoms with van der Waals surface area (Å²) >= 11 is 11.2. The molecule has 116 valence electrons. The quantitative estimate of drug-likeness (QED) is 0.788. The van der Waals surface area contributed by atoms with Crippen LogP contribution >= 0.6 is 23.8 Å². The van der Waals surface area contributed by atoms with Gasteiger partial charge in [0.25, 0.3) is 0 Å². The Bertz CT molecular complexity index is 638. The number of alkyl halides is 2. The van der Waals surface area contributed by atoms with Gasteiger partial charge in [0.15, 0.2) is 5.11 Å². The van der Waals surface area contributed by atoms with E-state index in [9.17, 15) is 8.78 Å². The van der Waals surface area contributed by atoms with E-state index in [1.807, 2.05) is 18.2 Å². The molecule has 0 saturated carbocycles. The first-order valence-corrected chi connectivity index (χ1v) is 7.16. The highest BCUT2D eigenvalue weighted by Gasteiger charge is 2.04. The Morgan fingerprint density at radius 2 is 1.82 bits per heavy atom. The first kappa shape index (κ1) is 16.5. The lowest BCUT2D eigenvalue weighted by molar-refractivity contribution is -0.0498. The lowest BCUT2D eigenvalue weighted by Crippen LogP contribution is -2.27. The fourth-order valence-corrected chi connectivity index (χ4v) is 2.10. The molecule has 0 unspecified atom stereocenters. The maximum absolute atomic E-state index is 12.0. The van der Waals surface area contributed by atoms with Gasteiger partial charge in [0.05, 0.1) is 0 Å². The second kappa shape index (κ2) is 7.91. The zero-order chi connectivity index (χ0) is 15.9. The molecule has 0 aromatic heterocycles. The third kappa shape index (κ3) is 5.13. The molecule has 2 aromatic rings. The van der Waals surface area contributed by atoms with Crippen molar-refractivity contribution in [2.75, 3.05) is 5.32 Å². The van der Waals surface area contributed by atoms with E-state index in [0.29, 0.717) is 22.4 Å². The van der Waals surface area contributed by atoms with E-state index in [2.05, 4.69) is 15.4 Å². The molecule has 7 heteroatoms. The maximum atomic E-state index is 12.0. The van der Waals surface area contributed by atoms with E-state index in [1.54, 1.807) is 18.2 Å². The Hall–Kier alpha value is -1.92. The number of rotatable bonds is 5. The second-order valence-corrected chi connectivity index (χ2v) is 5.12. The van der Waals surface area contributed by atoms with Gasteiger partial charge >= 0.3 is 6.61 Å². The minimum absolute atomic E-state index is 0.0931. The molecule has 0 fully saturated rings. The molecule has 22 heavy (non-hydrogen) atoms. The molecule has 0 aliphatic rings. The van der Waals surface area contributed by atoms with E-state index in [4.69, 9.17) is 23.8 Å². The van der Waals surface area contributed by atoms with Crippen molar-refractivity contribution in [1.82, 2.24) is 5.32 Å². The molecule has 0 aliphatic heterocycles. The average Bonchev–Trinajstić information content (AvgIpc) is 2.48. The summed E-state index contributed by atoms with van der Waals surface area (Å²) in [7, 11) is 0. The molecule has 2 aromatic carbocycles. The van der Waals surface area contributed by atoms with Crippen LogP contribution in [-0.4, -0.2) is 11.7 Å². The van der Waals surface area contributed by atoms with Crippen molar-refractivity contribution in [3.63, 3.8) is 0 Å². The minimum atomic E-state index is -2.84. The SMILES string of the molecule is FC(F)Oc1ccc(NC(=S)NCc2ccccc2Cl)cc1. The Labute approximate surface area is 137 Å². The van der Waals surface area contributed by atoms with Crippen LogP contribution < -0.4 is 15.4 Å². The van der Waals surface area contributed by atoms with Gasteiger partial charge in [-0.05, 0) is 48.1 Å². The summed E-state index contributed by atoms with van der Waals surface area (Å²) in [6.07, 6.45) is 0. The summed E-state index contributed by atoms with van der Waals surface area (Å²) in [5.41, 5.74) is 1.59. The number of nitrogens with one attached hydrogen (secondary N) is 2. The monoisotopic (exact) mass is 342 g/mol. The Balaban J connectivity index is 1.85. The van der Waals surface area contributed by atoms with Gasteiger partial charge in [-0.3, -0.25) is 0 Å². The summed E-state index contributed by atoms with van der Waals surface area (Å²) in [6.45, 7) is -2.35. The smallest absolute Gasteiger partial charge is 0.387 e. The van der Waals surface area contributed by atoms with Crippen LogP contribution in [0.5, 0.6) is 5.75 Å². The molecule has 0 atom stereocenters. The lowest BCUT2D eigenvalue weighted by Gasteiger charge is -2.12. The van der Waals surface area contributed by atoms with Crippen LogP contribution in [0.3, 0.4) is 0 Å². The summed E-state index contributed by atoms with van der Waals surface area (Å²) in [4.78, 5) is 0. The highest BCUT2D eigenvalue weighted by molar-refractivity contribution is 7.80. The molecule has 0 radical (unpaired) electrons. The first-order chi connectivity index (χ1) is 10.5. The van der Waals surface area contributed by atoms with Gasteiger partial charge in [0, 0.05) is 17.3 Å². The molecule has 0 spiro atoms. The van der Waals surface area contributed by atoms with Gasteiger partial charge in [-0.15, -0.1) is 0 Å². The number of thiocarbonyl (C=S) groups is 1. The van der Waals surface area contributed by atoms with Crippen molar-refractivity contribution in [2.45, 2.75) is 13.2 Å². The second-order valence-electron chi connectivity index (χ2n) is 4.30. The van der Waals surface area contributed by atoms with Gasteiger partial charge in [-0.2, -0.15) is 8.78 Å². The molecule has 0 amide bonds. The Morgan fingerprint density at radius 1 is 1.14 bits per heavy atom. The van der Waals surface area contributed by atoms with Crippen molar-refractivity contribution < 1.29 is 13.5 Å². The van der Waals surface area contributed by atoms with E-state index >= 15 is 0 Å². The van der Waals surface area contributed by atoms with Crippen molar-refractivity contribution in [3.05, 3.63) is 59.1 Å². The summed E-state index contributed by atoms with van der Waals surface area (Å²) in [6, 6.07) is 13.5. The van der Waals surface area contributed by atoms with Gasteiger partial charge in [-0.1, -0.05) is 29.8 Å². The minimum Gasteiger partial charge on any atom is -0.435 e. The number of hydrogen-bond acceptors (Lipinski definition) is 2. The summed E-state index contributed by atoms with van der Waals surface area (Å²) < 4.78 is 28.4. The zero-order valence-corrected chi connectivity index (χ0v) is 12.9. The fraction of sp³-hybridized carbons (Fsp3) is 0.133. The first-order valence-electron chi connectivity index (χ1n) is 6.38. The highest BCUT2D eigenvalue weighted by Crippen LogP contribution is 2.18. The van der Waals surface area contributed by atoms with Crippen LogP contribution in [0.15, 0.2) is 48.5 Å². The summed E-state index contributed by atoms with van der Waals surface area (Å²) in [5.74, 6) is 0.0931. The van der Waals surface area contributed by atoms with Crippen molar-refractivity contribution >= 4 is 34.6 Å². The zero-order valence-electron chi connectivity index (χ0n) is 11.4.